The Hall–Kier alpha value is -0.900. The lowest BCUT2D eigenvalue weighted by Crippen LogP contribution is -2.31. The lowest BCUT2D eigenvalue weighted by molar-refractivity contribution is -0.126. The van der Waals surface area contributed by atoms with Gasteiger partial charge in [0.25, 0.3) is 5.91 Å². The van der Waals surface area contributed by atoms with Crippen LogP contribution in [0, 0.1) is 0 Å². The minimum Gasteiger partial charge on any atom is -0.351 e. The van der Waals surface area contributed by atoms with Crippen molar-refractivity contribution in [3.63, 3.8) is 0 Å². The van der Waals surface area contributed by atoms with E-state index in [9.17, 15) is 4.79 Å². The lowest BCUT2D eigenvalue weighted by Gasteiger charge is -2.11. The number of amides is 1. The van der Waals surface area contributed by atoms with Crippen LogP contribution in [0.4, 0.5) is 0 Å². The molecule has 4 heteroatoms. The topological polar surface area (TPSA) is 32.3 Å². The molecule has 1 N–H and O–H groups in total. The summed E-state index contributed by atoms with van der Waals surface area (Å²) in [7, 11) is 0. The van der Waals surface area contributed by atoms with Crippen molar-refractivity contribution in [2.75, 3.05) is 6.54 Å². The fraction of sp³-hybridized carbons (Fsp3) is 0.556. The molecule has 0 aromatic rings. The van der Waals surface area contributed by atoms with Crippen LogP contribution in [0.25, 0.3) is 0 Å². The molecule has 1 amide bonds. The molecule has 1 atom stereocenters. The van der Waals surface area contributed by atoms with E-state index in [1.165, 1.54) is 5.57 Å². The van der Waals surface area contributed by atoms with Crippen LogP contribution in [0.3, 0.4) is 0 Å². The van der Waals surface area contributed by atoms with Gasteiger partial charge in [0.1, 0.15) is 6.04 Å². The van der Waals surface area contributed by atoms with E-state index in [-0.39, 0.29) is 11.9 Å². The molecule has 0 aliphatic carbocycles. The number of thiocarbonyl (C=S) groups is 1. The summed E-state index contributed by atoms with van der Waals surface area (Å²) in [5.41, 5.74) is 1.19. The number of carbonyl (C=O) groups is 1. The van der Waals surface area contributed by atoms with E-state index in [1.54, 1.807) is 4.90 Å². The van der Waals surface area contributed by atoms with Crippen LogP contribution in [-0.4, -0.2) is 28.5 Å². The smallest absolute Gasteiger partial charge is 0.251 e. The van der Waals surface area contributed by atoms with Gasteiger partial charge in [0.2, 0.25) is 0 Å². The van der Waals surface area contributed by atoms with Gasteiger partial charge in [-0.25, -0.2) is 0 Å². The summed E-state index contributed by atoms with van der Waals surface area (Å²) in [6, 6.07) is -0.168. The highest BCUT2D eigenvalue weighted by atomic mass is 32.1. The number of carbonyl (C=O) groups excluding carboxylic acids is 1. The normalized spacial score (nSPS) is 21.8. The van der Waals surface area contributed by atoms with Crippen molar-refractivity contribution in [3.05, 3.63) is 11.6 Å². The first-order valence-electron chi connectivity index (χ1n) is 4.27. The van der Waals surface area contributed by atoms with Crippen molar-refractivity contribution in [1.82, 2.24) is 10.2 Å². The van der Waals surface area contributed by atoms with Gasteiger partial charge in [0.05, 0.1) is 0 Å². The number of allylic oxidation sites excluding steroid dienone is 1. The van der Waals surface area contributed by atoms with Gasteiger partial charge in [-0.05, 0) is 33.0 Å². The number of hydrogen-bond acceptors (Lipinski definition) is 2. The van der Waals surface area contributed by atoms with Crippen molar-refractivity contribution < 1.29 is 4.79 Å². The van der Waals surface area contributed by atoms with E-state index in [2.05, 4.69) is 5.32 Å². The Kier molecular flexibility index (Phi) is 3.03. The molecule has 1 fully saturated rings. The Morgan fingerprint density at radius 3 is 2.69 bits per heavy atom. The van der Waals surface area contributed by atoms with Crippen molar-refractivity contribution in [1.29, 1.82) is 0 Å². The van der Waals surface area contributed by atoms with E-state index in [1.807, 2.05) is 26.8 Å². The van der Waals surface area contributed by atoms with Crippen molar-refractivity contribution in [2.45, 2.75) is 26.8 Å². The summed E-state index contributed by atoms with van der Waals surface area (Å²) >= 11 is 5.01. The molecular weight excluding hydrogens is 184 g/mol. The molecule has 1 saturated heterocycles. The number of hydrogen-bond donors (Lipinski definition) is 1. The van der Waals surface area contributed by atoms with Gasteiger partial charge in [0, 0.05) is 6.54 Å². The average molecular weight is 198 g/mol. The van der Waals surface area contributed by atoms with Crippen molar-refractivity contribution in [2.24, 2.45) is 0 Å². The standard InChI is InChI=1S/C9H14N2OS/c1-6(2)4-5-11-8(12)7(3)10-9(11)13/h4,7H,5H2,1-3H3,(H,10,13). The lowest BCUT2D eigenvalue weighted by atomic mass is 10.3. The van der Waals surface area contributed by atoms with Crippen LogP contribution >= 0.6 is 12.2 Å². The van der Waals surface area contributed by atoms with Gasteiger partial charge in [-0.15, -0.1) is 0 Å². The molecule has 1 rings (SSSR count). The predicted molar refractivity (Wildman–Crippen MR) is 56.3 cm³/mol. The van der Waals surface area contributed by atoms with Crippen molar-refractivity contribution >= 4 is 23.2 Å². The third kappa shape index (κ3) is 2.28. The second kappa shape index (κ2) is 3.87. The molecule has 1 heterocycles. The van der Waals surface area contributed by atoms with Gasteiger partial charge in [-0.2, -0.15) is 0 Å². The van der Waals surface area contributed by atoms with E-state index >= 15 is 0 Å². The second-order valence-electron chi connectivity index (χ2n) is 3.40. The number of nitrogens with one attached hydrogen (secondary N) is 1. The maximum Gasteiger partial charge on any atom is 0.251 e. The van der Waals surface area contributed by atoms with Gasteiger partial charge in [0.15, 0.2) is 5.11 Å². The first-order chi connectivity index (χ1) is 6.02. The van der Waals surface area contributed by atoms with Crippen molar-refractivity contribution in [3.8, 4) is 0 Å². The molecule has 13 heavy (non-hydrogen) atoms. The molecule has 0 aromatic carbocycles. The Bertz CT molecular complexity index is 269. The largest absolute Gasteiger partial charge is 0.351 e. The molecule has 0 radical (unpaired) electrons. The molecule has 0 bridgehead atoms. The van der Waals surface area contributed by atoms with E-state index in [0.29, 0.717) is 11.7 Å². The van der Waals surface area contributed by atoms with E-state index in [0.717, 1.165) is 0 Å². The van der Waals surface area contributed by atoms with Crippen LogP contribution < -0.4 is 5.32 Å². The monoisotopic (exact) mass is 198 g/mol. The third-order valence-corrected chi connectivity index (χ3v) is 2.24. The van der Waals surface area contributed by atoms with Gasteiger partial charge in [-0.1, -0.05) is 11.6 Å². The Morgan fingerprint density at radius 2 is 2.31 bits per heavy atom. The maximum atomic E-state index is 11.5. The summed E-state index contributed by atoms with van der Waals surface area (Å²) in [4.78, 5) is 13.1. The minimum absolute atomic E-state index is 0.0579. The quantitative estimate of drug-likeness (QED) is 0.532. The van der Waals surface area contributed by atoms with Crippen LogP contribution in [0.15, 0.2) is 11.6 Å². The Morgan fingerprint density at radius 1 is 1.69 bits per heavy atom. The molecule has 1 aliphatic heterocycles. The third-order valence-electron chi connectivity index (χ3n) is 1.90. The van der Waals surface area contributed by atoms with Gasteiger partial charge in [-0.3, -0.25) is 9.69 Å². The molecule has 0 aromatic heterocycles. The summed E-state index contributed by atoms with van der Waals surface area (Å²) in [5.74, 6) is 0.0579. The zero-order valence-corrected chi connectivity index (χ0v) is 8.94. The molecule has 1 unspecified atom stereocenters. The Balaban J connectivity index is 2.65. The second-order valence-corrected chi connectivity index (χ2v) is 3.79. The SMILES string of the molecule is CC(C)=CCN1C(=O)C(C)NC1=S. The summed E-state index contributed by atoms with van der Waals surface area (Å²) in [6.45, 7) is 6.40. The van der Waals surface area contributed by atoms with Gasteiger partial charge < -0.3 is 5.32 Å². The van der Waals surface area contributed by atoms with Gasteiger partial charge >= 0.3 is 0 Å². The maximum absolute atomic E-state index is 11.5. The summed E-state index contributed by atoms with van der Waals surface area (Å²) in [6.07, 6.45) is 1.99. The zero-order valence-electron chi connectivity index (χ0n) is 8.13. The van der Waals surface area contributed by atoms with Crippen LogP contribution in [-0.2, 0) is 4.79 Å². The molecule has 3 nitrogen and oxygen atoms in total. The molecule has 0 spiro atoms. The highest BCUT2D eigenvalue weighted by Gasteiger charge is 2.30. The number of rotatable bonds is 2. The average Bonchev–Trinajstić information content (AvgIpc) is 2.24. The van der Waals surface area contributed by atoms with Crippen LogP contribution in [0.1, 0.15) is 20.8 Å². The molecular formula is C9H14N2OS. The first kappa shape index (κ1) is 10.2. The fourth-order valence-electron chi connectivity index (χ4n) is 1.11. The van der Waals surface area contributed by atoms with Crippen LogP contribution in [0.2, 0.25) is 0 Å². The predicted octanol–water partition coefficient (Wildman–Crippen LogP) is 1.06. The summed E-state index contributed by atoms with van der Waals surface area (Å²) < 4.78 is 0. The number of nitrogens with zero attached hydrogens (tertiary/aromatic N) is 1. The minimum atomic E-state index is -0.168. The van der Waals surface area contributed by atoms with Crippen LogP contribution in [0.5, 0.6) is 0 Å². The first-order valence-corrected chi connectivity index (χ1v) is 4.68. The highest BCUT2D eigenvalue weighted by molar-refractivity contribution is 7.80. The molecule has 0 saturated carbocycles. The zero-order chi connectivity index (χ0) is 10.0. The van der Waals surface area contributed by atoms with E-state index < -0.39 is 0 Å². The fourth-order valence-corrected chi connectivity index (χ4v) is 1.45. The summed E-state index contributed by atoms with van der Waals surface area (Å²) in [5, 5.41) is 3.46. The molecule has 1 aliphatic rings. The Labute approximate surface area is 83.8 Å². The van der Waals surface area contributed by atoms with E-state index in [4.69, 9.17) is 12.2 Å². The highest BCUT2D eigenvalue weighted by Crippen LogP contribution is 2.06. The molecule has 72 valence electrons.